The Kier molecular flexibility index (Phi) is 9.16. The summed E-state index contributed by atoms with van der Waals surface area (Å²) < 4.78 is 0. The van der Waals surface area contributed by atoms with Crippen molar-refractivity contribution in [2.24, 2.45) is 5.73 Å². The molecule has 6 nitrogen and oxygen atoms in total. The van der Waals surface area contributed by atoms with Gasteiger partial charge in [-0.25, -0.2) is 4.79 Å². The van der Waals surface area contributed by atoms with Crippen molar-refractivity contribution in [1.29, 1.82) is 0 Å². The van der Waals surface area contributed by atoms with Gasteiger partial charge in [-0.05, 0) is 38.5 Å². The summed E-state index contributed by atoms with van der Waals surface area (Å²) in [7, 11) is 0. The van der Waals surface area contributed by atoms with Gasteiger partial charge in [-0.3, -0.25) is 4.79 Å². The molecule has 21 heavy (non-hydrogen) atoms. The zero-order chi connectivity index (χ0) is 15.0. The summed E-state index contributed by atoms with van der Waals surface area (Å²) in [5, 5.41) is 8.10. The van der Waals surface area contributed by atoms with Gasteiger partial charge in [0.1, 0.15) is 0 Å². The van der Waals surface area contributed by atoms with Crippen molar-refractivity contribution in [3.63, 3.8) is 0 Å². The third-order valence-electron chi connectivity index (χ3n) is 2.57. The van der Waals surface area contributed by atoms with Gasteiger partial charge in [-0.2, -0.15) is 0 Å². The molecule has 0 bridgehead atoms. The zero-order valence-corrected chi connectivity index (χ0v) is 13.1. The maximum Gasteiger partial charge on any atom is 0.319 e. The van der Waals surface area contributed by atoms with Gasteiger partial charge in [0.15, 0.2) is 0 Å². The Balaban J connectivity index is 0.00000400. The molecular formula is C14H23ClN4O2. The van der Waals surface area contributed by atoms with Crippen molar-refractivity contribution in [3.05, 3.63) is 24.3 Å². The molecule has 0 aliphatic rings. The van der Waals surface area contributed by atoms with E-state index in [1.165, 1.54) is 0 Å². The molecule has 0 saturated heterocycles. The van der Waals surface area contributed by atoms with Crippen LogP contribution in [0.2, 0.25) is 0 Å². The number of halogens is 1. The van der Waals surface area contributed by atoms with E-state index in [2.05, 4.69) is 16.0 Å². The summed E-state index contributed by atoms with van der Waals surface area (Å²) in [5.41, 5.74) is 6.88. The second-order valence-corrected chi connectivity index (χ2v) is 4.63. The van der Waals surface area contributed by atoms with E-state index < -0.39 is 0 Å². The molecular weight excluding hydrogens is 292 g/mol. The zero-order valence-electron chi connectivity index (χ0n) is 12.3. The summed E-state index contributed by atoms with van der Waals surface area (Å²) in [6.45, 7) is 4.26. The highest BCUT2D eigenvalue weighted by Crippen LogP contribution is 2.15. The van der Waals surface area contributed by atoms with Crippen molar-refractivity contribution in [2.75, 3.05) is 17.2 Å². The summed E-state index contributed by atoms with van der Waals surface area (Å²) in [6, 6.07) is 6.74. The lowest BCUT2D eigenvalue weighted by molar-refractivity contribution is -0.116. The van der Waals surface area contributed by atoms with E-state index in [-0.39, 0.29) is 30.4 Å². The van der Waals surface area contributed by atoms with E-state index in [0.717, 1.165) is 0 Å². The molecule has 118 valence electrons. The maximum atomic E-state index is 11.7. The molecule has 0 fully saturated rings. The van der Waals surface area contributed by atoms with Crippen LogP contribution in [-0.2, 0) is 4.79 Å². The fourth-order valence-corrected chi connectivity index (χ4v) is 1.59. The molecule has 1 atom stereocenters. The quantitative estimate of drug-likeness (QED) is 0.648. The standard InChI is InChI=1S/C14H22N4O2.ClH/c1-3-16-14(20)18-12-6-4-5-11(9-12)17-13(19)8-7-10(2)15;/h4-6,9-10H,3,7-8,15H2,1-2H3,(H,17,19)(H2,16,18,20);1H. The molecule has 5 N–H and O–H groups in total. The average Bonchev–Trinajstić information content (AvgIpc) is 2.37. The second-order valence-electron chi connectivity index (χ2n) is 4.63. The number of hydrogen-bond donors (Lipinski definition) is 4. The van der Waals surface area contributed by atoms with Crippen molar-refractivity contribution in [1.82, 2.24) is 5.32 Å². The molecule has 0 heterocycles. The number of nitrogens with two attached hydrogens (primary N) is 1. The molecule has 0 aliphatic carbocycles. The lowest BCUT2D eigenvalue weighted by atomic mass is 10.2. The van der Waals surface area contributed by atoms with E-state index in [1.54, 1.807) is 24.3 Å². The van der Waals surface area contributed by atoms with Crippen molar-refractivity contribution in [2.45, 2.75) is 32.7 Å². The molecule has 0 saturated carbocycles. The Bertz CT molecular complexity index is 466. The minimum Gasteiger partial charge on any atom is -0.338 e. The van der Waals surface area contributed by atoms with Crippen LogP contribution in [0.5, 0.6) is 0 Å². The number of rotatable bonds is 6. The molecule has 7 heteroatoms. The smallest absolute Gasteiger partial charge is 0.319 e. The normalized spacial score (nSPS) is 11.0. The third kappa shape index (κ3) is 8.16. The van der Waals surface area contributed by atoms with E-state index in [9.17, 15) is 9.59 Å². The van der Waals surface area contributed by atoms with Crippen molar-refractivity contribution < 1.29 is 9.59 Å². The van der Waals surface area contributed by atoms with Crippen LogP contribution in [-0.4, -0.2) is 24.5 Å². The van der Waals surface area contributed by atoms with E-state index in [4.69, 9.17) is 5.73 Å². The van der Waals surface area contributed by atoms with Crippen LogP contribution in [0.3, 0.4) is 0 Å². The molecule has 0 aliphatic heterocycles. The van der Waals surface area contributed by atoms with Gasteiger partial charge >= 0.3 is 6.03 Å². The Morgan fingerprint density at radius 2 is 1.86 bits per heavy atom. The highest BCUT2D eigenvalue weighted by atomic mass is 35.5. The molecule has 1 unspecified atom stereocenters. The number of anilines is 2. The summed E-state index contributed by atoms with van der Waals surface area (Å²) in [6.07, 6.45) is 1.02. The number of hydrogen-bond acceptors (Lipinski definition) is 3. The van der Waals surface area contributed by atoms with Crippen molar-refractivity contribution in [3.8, 4) is 0 Å². The first-order chi connectivity index (χ1) is 9.51. The van der Waals surface area contributed by atoms with E-state index in [0.29, 0.717) is 30.8 Å². The van der Waals surface area contributed by atoms with Crippen LogP contribution in [0.1, 0.15) is 26.7 Å². The molecule has 3 amide bonds. The Labute approximate surface area is 131 Å². The number of carbonyl (C=O) groups is 2. The minimum absolute atomic E-state index is 0. The Morgan fingerprint density at radius 1 is 1.24 bits per heavy atom. The van der Waals surface area contributed by atoms with E-state index >= 15 is 0 Å². The molecule has 0 spiro atoms. The molecule has 1 aromatic carbocycles. The lowest BCUT2D eigenvalue weighted by Crippen LogP contribution is -2.28. The monoisotopic (exact) mass is 314 g/mol. The first-order valence-corrected chi connectivity index (χ1v) is 6.71. The van der Waals surface area contributed by atoms with Crippen LogP contribution in [0, 0.1) is 0 Å². The topological polar surface area (TPSA) is 96.2 Å². The molecule has 0 aromatic heterocycles. The Morgan fingerprint density at radius 3 is 2.43 bits per heavy atom. The maximum absolute atomic E-state index is 11.7. The van der Waals surface area contributed by atoms with Gasteiger partial charge < -0.3 is 21.7 Å². The first kappa shape index (κ1) is 19.2. The molecule has 1 rings (SSSR count). The second kappa shape index (κ2) is 10.0. The van der Waals surface area contributed by atoms with Crippen LogP contribution < -0.4 is 21.7 Å². The van der Waals surface area contributed by atoms with Gasteiger partial charge in [-0.15, -0.1) is 12.4 Å². The largest absolute Gasteiger partial charge is 0.338 e. The molecule has 1 aromatic rings. The van der Waals surface area contributed by atoms with Gasteiger partial charge in [0.25, 0.3) is 0 Å². The van der Waals surface area contributed by atoms with E-state index in [1.807, 2.05) is 13.8 Å². The highest BCUT2D eigenvalue weighted by Gasteiger charge is 2.05. The average molecular weight is 315 g/mol. The fraction of sp³-hybridized carbons (Fsp3) is 0.429. The Hall–Kier alpha value is -1.79. The van der Waals surface area contributed by atoms with Crippen LogP contribution in [0.25, 0.3) is 0 Å². The molecule has 0 radical (unpaired) electrons. The van der Waals surface area contributed by atoms with Crippen molar-refractivity contribution >= 4 is 35.7 Å². The number of urea groups is 1. The summed E-state index contributed by atoms with van der Waals surface area (Å²) >= 11 is 0. The van der Waals surface area contributed by atoms with Gasteiger partial charge in [0, 0.05) is 30.4 Å². The fourth-order valence-electron chi connectivity index (χ4n) is 1.59. The minimum atomic E-state index is -0.270. The highest BCUT2D eigenvalue weighted by molar-refractivity contribution is 5.93. The number of amides is 3. The first-order valence-electron chi connectivity index (χ1n) is 6.71. The van der Waals surface area contributed by atoms with Crippen LogP contribution in [0.15, 0.2) is 24.3 Å². The predicted octanol–water partition coefficient (Wildman–Crippen LogP) is 2.32. The van der Waals surface area contributed by atoms with Crippen LogP contribution in [0.4, 0.5) is 16.2 Å². The summed E-state index contributed by atoms with van der Waals surface area (Å²) in [5.74, 6) is -0.0857. The van der Waals surface area contributed by atoms with Gasteiger partial charge in [0.2, 0.25) is 5.91 Å². The van der Waals surface area contributed by atoms with Gasteiger partial charge in [-0.1, -0.05) is 6.07 Å². The summed E-state index contributed by atoms with van der Waals surface area (Å²) in [4.78, 5) is 23.1. The lowest BCUT2D eigenvalue weighted by Gasteiger charge is -2.09. The number of nitrogens with one attached hydrogen (secondary N) is 3. The number of carbonyl (C=O) groups excluding carboxylic acids is 2. The van der Waals surface area contributed by atoms with Gasteiger partial charge in [0.05, 0.1) is 0 Å². The predicted molar refractivity (Wildman–Crippen MR) is 87.9 cm³/mol. The number of benzene rings is 1. The SMILES string of the molecule is CCNC(=O)Nc1cccc(NC(=O)CCC(C)N)c1.Cl. The van der Waals surface area contributed by atoms with Crippen LogP contribution >= 0.6 is 12.4 Å². The third-order valence-corrected chi connectivity index (χ3v) is 2.57.